The molecule has 1 aliphatic heterocycles. The SMILES string of the molecule is O=C(CCc1cccc(Cl)c1Cl)Nc1cccc(CN2CCCC2=O)c1. The Kier molecular flexibility index (Phi) is 6.17. The molecule has 1 heterocycles. The average molecular weight is 391 g/mol. The molecule has 0 radical (unpaired) electrons. The van der Waals surface area contributed by atoms with E-state index in [4.69, 9.17) is 23.2 Å². The molecule has 0 aromatic heterocycles. The Labute approximate surface area is 163 Å². The van der Waals surface area contributed by atoms with Crippen LogP contribution in [0.25, 0.3) is 0 Å². The summed E-state index contributed by atoms with van der Waals surface area (Å²) in [5.74, 6) is 0.105. The summed E-state index contributed by atoms with van der Waals surface area (Å²) in [4.78, 5) is 25.8. The summed E-state index contributed by atoms with van der Waals surface area (Å²) >= 11 is 12.2. The zero-order chi connectivity index (χ0) is 18.5. The number of hydrogen-bond acceptors (Lipinski definition) is 2. The number of anilines is 1. The summed E-state index contributed by atoms with van der Waals surface area (Å²) in [6.07, 6.45) is 2.38. The van der Waals surface area contributed by atoms with Gasteiger partial charge < -0.3 is 10.2 Å². The van der Waals surface area contributed by atoms with E-state index in [1.807, 2.05) is 41.3 Å². The lowest BCUT2D eigenvalue weighted by Gasteiger charge is -2.16. The summed E-state index contributed by atoms with van der Waals surface area (Å²) in [7, 11) is 0. The van der Waals surface area contributed by atoms with Gasteiger partial charge in [0.05, 0.1) is 10.0 Å². The van der Waals surface area contributed by atoms with Gasteiger partial charge in [-0.2, -0.15) is 0 Å². The number of nitrogens with zero attached hydrogens (tertiary/aromatic N) is 1. The zero-order valence-corrected chi connectivity index (χ0v) is 15.8. The Morgan fingerprint density at radius 2 is 1.96 bits per heavy atom. The van der Waals surface area contributed by atoms with Gasteiger partial charge in [0.2, 0.25) is 11.8 Å². The van der Waals surface area contributed by atoms with E-state index in [9.17, 15) is 9.59 Å². The molecule has 1 N–H and O–H groups in total. The first kappa shape index (κ1) is 18.7. The van der Waals surface area contributed by atoms with Crippen LogP contribution < -0.4 is 5.32 Å². The monoisotopic (exact) mass is 390 g/mol. The van der Waals surface area contributed by atoms with Crippen molar-refractivity contribution in [1.82, 2.24) is 4.90 Å². The minimum absolute atomic E-state index is 0.0876. The van der Waals surface area contributed by atoms with Gasteiger partial charge in [-0.25, -0.2) is 0 Å². The van der Waals surface area contributed by atoms with E-state index in [0.29, 0.717) is 35.9 Å². The quantitative estimate of drug-likeness (QED) is 0.777. The normalized spacial score (nSPS) is 13.9. The van der Waals surface area contributed by atoms with Crippen LogP contribution in [0.1, 0.15) is 30.4 Å². The molecule has 0 spiro atoms. The van der Waals surface area contributed by atoms with Crippen molar-refractivity contribution in [3.8, 4) is 0 Å². The van der Waals surface area contributed by atoms with Gasteiger partial charge in [0.25, 0.3) is 0 Å². The second-order valence-electron chi connectivity index (χ2n) is 6.38. The third-order valence-corrected chi connectivity index (χ3v) is 5.27. The molecule has 6 heteroatoms. The van der Waals surface area contributed by atoms with E-state index in [1.54, 1.807) is 6.07 Å². The molecule has 1 saturated heterocycles. The molecule has 2 aromatic carbocycles. The third-order valence-electron chi connectivity index (χ3n) is 4.41. The molecular formula is C20H20Cl2N2O2. The molecule has 0 saturated carbocycles. The molecule has 3 rings (SSSR count). The fourth-order valence-electron chi connectivity index (χ4n) is 3.05. The molecule has 26 heavy (non-hydrogen) atoms. The molecule has 0 aliphatic carbocycles. The molecule has 0 atom stereocenters. The minimum Gasteiger partial charge on any atom is -0.338 e. The number of likely N-dealkylation sites (tertiary alicyclic amines) is 1. The summed E-state index contributed by atoms with van der Waals surface area (Å²) < 4.78 is 0. The molecule has 136 valence electrons. The van der Waals surface area contributed by atoms with Crippen LogP contribution in [0.5, 0.6) is 0 Å². The van der Waals surface area contributed by atoms with Crippen LogP contribution in [-0.2, 0) is 22.6 Å². The van der Waals surface area contributed by atoms with Crippen molar-refractivity contribution >= 4 is 40.7 Å². The highest BCUT2D eigenvalue weighted by atomic mass is 35.5. The van der Waals surface area contributed by atoms with Crippen molar-refractivity contribution < 1.29 is 9.59 Å². The average Bonchev–Trinajstić information content (AvgIpc) is 3.01. The Balaban J connectivity index is 1.56. The second kappa shape index (κ2) is 8.56. The van der Waals surface area contributed by atoms with Crippen LogP contribution in [0, 0.1) is 0 Å². The molecule has 1 fully saturated rings. The van der Waals surface area contributed by atoms with Gasteiger partial charge in [-0.3, -0.25) is 9.59 Å². The topological polar surface area (TPSA) is 49.4 Å². The van der Waals surface area contributed by atoms with Crippen LogP contribution in [0.4, 0.5) is 5.69 Å². The van der Waals surface area contributed by atoms with Crippen LogP contribution in [0.15, 0.2) is 42.5 Å². The van der Waals surface area contributed by atoms with E-state index in [1.165, 1.54) is 0 Å². The highest BCUT2D eigenvalue weighted by molar-refractivity contribution is 6.42. The van der Waals surface area contributed by atoms with Gasteiger partial charge in [0.15, 0.2) is 0 Å². The number of benzene rings is 2. The maximum atomic E-state index is 12.2. The van der Waals surface area contributed by atoms with Gasteiger partial charge >= 0.3 is 0 Å². The van der Waals surface area contributed by atoms with E-state index >= 15 is 0 Å². The number of carbonyl (C=O) groups excluding carboxylic acids is 2. The van der Waals surface area contributed by atoms with Crippen molar-refractivity contribution in [2.75, 3.05) is 11.9 Å². The molecule has 2 aromatic rings. The number of hydrogen-bond donors (Lipinski definition) is 1. The number of carbonyl (C=O) groups is 2. The van der Waals surface area contributed by atoms with Crippen molar-refractivity contribution in [2.24, 2.45) is 0 Å². The number of amides is 2. The first-order chi connectivity index (χ1) is 12.5. The standard InChI is InChI=1S/C20H20Cl2N2O2/c21-17-7-2-5-15(20(17)22)9-10-18(25)23-16-6-1-4-14(12-16)13-24-11-3-8-19(24)26/h1-2,4-7,12H,3,8-11,13H2,(H,23,25). The number of halogens is 2. The predicted molar refractivity (Wildman–Crippen MR) is 105 cm³/mol. The fraction of sp³-hybridized carbons (Fsp3) is 0.300. The maximum absolute atomic E-state index is 12.2. The first-order valence-corrected chi connectivity index (χ1v) is 9.38. The van der Waals surface area contributed by atoms with E-state index in [0.717, 1.165) is 29.8 Å². The van der Waals surface area contributed by atoms with E-state index < -0.39 is 0 Å². The number of aryl methyl sites for hydroxylation is 1. The largest absolute Gasteiger partial charge is 0.338 e. The highest BCUT2D eigenvalue weighted by Crippen LogP contribution is 2.26. The van der Waals surface area contributed by atoms with Crippen LogP contribution >= 0.6 is 23.2 Å². The van der Waals surface area contributed by atoms with Gasteiger partial charge in [-0.05, 0) is 42.2 Å². The summed E-state index contributed by atoms with van der Waals surface area (Å²) in [5, 5.41) is 3.90. The molecule has 0 bridgehead atoms. The minimum atomic E-state index is -0.0876. The number of nitrogens with one attached hydrogen (secondary N) is 1. The van der Waals surface area contributed by atoms with Crippen molar-refractivity contribution in [3.05, 3.63) is 63.6 Å². The zero-order valence-electron chi connectivity index (χ0n) is 14.3. The fourth-order valence-corrected chi connectivity index (χ4v) is 3.47. The molecular weight excluding hydrogens is 371 g/mol. The molecule has 4 nitrogen and oxygen atoms in total. The molecule has 1 aliphatic rings. The van der Waals surface area contributed by atoms with Gasteiger partial charge in [0, 0.05) is 31.6 Å². The lowest BCUT2D eigenvalue weighted by Crippen LogP contribution is -2.23. The predicted octanol–water partition coefficient (Wildman–Crippen LogP) is 4.69. The second-order valence-corrected chi connectivity index (χ2v) is 7.17. The van der Waals surface area contributed by atoms with Gasteiger partial charge in [0.1, 0.15) is 0 Å². The van der Waals surface area contributed by atoms with Gasteiger partial charge in [-0.15, -0.1) is 0 Å². The Morgan fingerprint density at radius 3 is 2.73 bits per heavy atom. The summed E-state index contributed by atoms with van der Waals surface area (Å²) in [6.45, 7) is 1.39. The van der Waals surface area contributed by atoms with Crippen LogP contribution in [0.2, 0.25) is 10.0 Å². The van der Waals surface area contributed by atoms with Crippen molar-refractivity contribution in [3.63, 3.8) is 0 Å². The lowest BCUT2D eigenvalue weighted by molar-refractivity contribution is -0.128. The first-order valence-electron chi connectivity index (χ1n) is 8.62. The van der Waals surface area contributed by atoms with Crippen molar-refractivity contribution in [2.45, 2.75) is 32.2 Å². The van der Waals surface area contributed by atoms with Crippen molar-refractivity contribution in [1.29, 1.82) is 0 Å². The molecule has 2 amide bonds. The van der Waals surface area contributed by atoms with Gasteiger partial charge in [-0.1, -0.05) is 47.5 Å². The Bertz CT molecular complexity index is 823. The highest BCUT2D eigenvalue weighted by Gasteiger charge is 2.20. The third kappa shape index (κ3) is 4.77. The summed E-state index contributed by atoms with van der Waals surface area (Å²) in [6, 6.07) is 13.0. The Hall–Kier alpha value is -2.04. The lowest BCUT2D eigenvalue weighted by atomic mass is 10.1. The van der Waals surface area contributed by atoms with E-state index in [-0.39, 0.29) is 11.8 Å². The smallest absolute Gasteiger partial charge is 0.224 e. The van der Waals surface area contributed by atoms with E-state index in [2.05, 4.69) is 5.32 Å². The summed E-state index contributed by atoms with van der Waals surface area (Å²) in [5.41, 5.74) is 2.60. The Morgan fingerprint density at radius 1 is 1.15 bits per heavy atom. The number of rotatable bonds is 6. The maximum Gasteiger partial charge on any atom is 0.224 e. The molecule has 0 unspecified atom stereocenters. The van der Waals surface area contributed by atoms with Crippen LogP contribution in [-0.4, -0.2) is 23.3 Å². The van der Waals surface area contributed by atoms with Crippen LogP contribution in [0.3, 0.4) is 0 Å².